The van der Waals surface area contributed by atoms with Gasteiger partial charge < -0.3 is 5.41 Å². The molecule has 0 aliphatic heterocycles. The van der Waals surface area contributed by atoms with Gasteiger partial charge in [0.2, 0.25) is 0 Å². The molecule has 0 spiro atoms. The van der Waals surface area contributed by atoms with Crippen molar-refractivity contribution in [2.75, 3.05) is 0 Å². The van der Waals surface area contributed by atoms with Gasteiger partial charge in [0.1, 0.15) is 0 Å². The van der Waals surface area contributed by atoms with E-state index in [2.05, 4.69) is 28.9 Å². The van der Waals surface area contributed by atoms with Gasteiger partial charge in [-0.2, -0.15) is 0 Å². The van der Waals surface area contributed by atoms with Gasteiger partial charge in [0.05, 0.1) is 0 Å². The van der Waals surface area contributed by atoms with Crippen molar-refractivity contribution >= 4 is 22.1 Å². The van der Waals surface area contributed by atoms with Crippen LogP contribution in [0.2, 0.25) is 0 Å². The highest BCUT2D eigenvalue weighted by molar-refractivity contribution is 9.12. The molecular weight excluding hydrogens is 202 g/mol. The molecule has 0 aromatic heterocycles. The van der Waals surface area contributed by atoms with E-state index < -0.39 is 0 Å². The van der Waals surface area contributed by atoms with E-state index in [9.17, 15) is 0 Å². The minimum absolute atomic E-state index is 0.915. The standard InChI is InChI=1S/C9H14BrN/c1-3-5-6-8(4-2)9(10)7-11/h3,5,7,11H,4,6H2,1-2H3/b5-3+,9-8+,11-7?. The van der Waals surface area contributed by atoms with E-state index in [0.29, 0.717) is 0 Å². The molecule has 0 fully saturated rings. The number of hydrogen-bond acceptors (Lipinski definition) is 1. The lowest BCUT2D eigenvalue weighted by Crippen LogP contribution is -1.84. The third-order valence-electron chi connectivity index (χ3n) is 1.49. The topological polar surface area (TPSA) is 23.9 Å². The summed E-state index contributed by atoms with van der Waals surface area (Å²) in [6, 6.07) is 0. The molecule has 0 bridgehead atoms. The van der Waals surface area contributed by atoms with Crippen LogP contribution in [0.5, 0.6) is 0 Å². The van der Waals surface area contributed by atoms with Crippen molar-refractivity contribution in [2.45, 2.75) is 26.7 Å². The van der Waals surface area contributed by atoms with Crippen LogP contribution >= 0.6 is 15.9 Å². The summed E-state index contributed by atoms with van der Waals surface area (Å²) in [5.74, 6) is 0. The Bertz CT molecular complexity index is 180. The smallest absolute Gasteiger partial charge is 0.0346 e. The fraction of sp³-hybridized carbons (Fsp3) is 0.444. The number of allylic oxidation sites excluding steroid dienone is 4. The van der Waals surface area contributed by atoms with Gasteiger partial charge in [-0.1, -0.05) is 24.6 Å². The highest BCUT2D eigenvalue weighted by Gasteiger charge is 1.96. The quantitative estimate of drug-likeness (QED) is 0.547. The summed E-state index contributed by atoms with van der Waals surface area (Å²) in [6.07, 6.45) is 7.43. The second-order valence-electron chi connectivity index (χ2n) is 2.22. The fourth-order valence-electron chi connectivity index (χ4n) is 0.773. The minimum atomic E-state index is 0.915. The number of hydrogen-bond donors (Lipinski definition) is 1. The van der Waals surface area contributed by atoms with Crippen molar-refractivity contribution < 1.29 is 0 Å². The molecule has 0 amide bonds. The number of nitrogens with one attached hydrogen (secondary N) is 1. The maximum Gasteiger partial charge on any atom is 0.0346 e. The van der Waals surface area contributed by atoms with E-state index in [1.165, 1.54) is 11.8 Å². The fourth-order valence-corrected chi connectivity index (χ4v) is 1.22. The molecule has 0 unspecified atom stereocenters. The maximum absolute atomic E-state index is 7.02. The second-order valence-corrected chi connectivity index (χ2v) is 3.08. The Kier molecular flexibility index (Phi) is 6.13. The molecule has 0 saturated carbocycles. The van der Waals surface area contributed by atoms with Crippen LogP contribution in [0.3, 0.4) is 0 Å². The molecule has 0 aliphatic carbocycles. The third kappa shape index (κ3) is 4.14. The predicted octanol–water partition coefficient (Wildman–Crippen LogP) is 3.66. The van der Waals surface area contributed by atoms with Gasteiger partial charge in [-0.25, -0.2) is 0 Å². The van der Waals surface area contributed by atoms with Crippen LogP contribution in [0.1, 0.15) is 26.7 Å². The van der Waals surface area contributed by atoms with Crippen molar-refractivity contribution in [3.8, 4) is 0 Å². The van der Waals surface area contributed by atoms with Crippen molar-refractivity contribution in [3.63, 3.8) is 0 Å². The average Bonchev–Trinajstić information content (AvgIpc) is 2.05. The lowest BCUT2D eigenvalue weighted by Gasteiger charge is -2.00. The summed E-state index contributed by atoms with van der Waals surface area (Å²) < 4.78 is 0.915. The van der Waals surface area contributed by atoms with E-state index in [0.717, 1.165) is 17.3 Å². The minimum Gasteiger partial charge on any atom is -0.308 e. The molecule has 0 heterocycles. The van der Waals surface area contributed by atoms with Gasteiger partial charge >= 0.3 is 0 Å². The first-order valence-electron chi connectivity index (χ1n) is 3.75. The van der Waals surface area contributed by atoms with Gasteiger partial charge in [0.15, 0.2) is 0 Å². The van der Waals surface area contributed by atoms with Crippen LogP contribution in [-0.2, 0) is 0 Å². The average molecular weight is 216 g/mol. The first kappa shape index (κ1) is 10.6. The summed E-state index contributed by atoms with van der Waals surface area (Å²) in [5.41, 5.74) is 1.28. The monoisotopic (exact) mass is 215 g/mol. The molecule has 0 aliphatic rings. The van der Waals surface area contributed by atoms with Crippen molar-refractivity contribution in [1.82, 2.24) is 0 Å². The molecule has 62 valence electrons. The zero-order valence-electron chi connectivity index (χ0n) is 7.02. The van der Waals surface area contributed by atoms with Crippen molar-refractivity contribution in [1.29, 1.82) is 5.41 Å². The largest absolute Gasteiger partial charge is 0.308 e. The third-order valence-corrected chi connectivity index (χ3v) is 2.28. The molecule has 1 N–H and O–H groups in total. The zero-order valence-corrected chi connectivity index (χ0v) is 8.61. The van der Waals surface area contributed by atoms with Crippen LogP contribution in [0, 0.1) is 5.41 Å². The number of rotatable bonds is 4. The Balaban J connectivity index is 4.25. The lowest BCUT2D eigenvalue weighted by molar-refractivity contribution is 1.03. The first-order valence-corrected chi connectivity index (χ1v) is 4.54. The first-order chi connectivity index (χ1) is 5.26. The van der Waals surface area contributed by atoms with Crippen LogP contribution in [0.15, 0.2) is 22.2 Å². The van der Waals surface area contributed by atoms with Crippen LogP contribution < -0.4 is 0 Å². The molecule has 1 nitrogen and oxygen atoms in total. The molecule has 0 aromatic rings. The Morgan fingerprint density at radius 3 is 2.55 bits per heavy atom. The van der Waals surface area contributed by atoms with Gasteiger partial charge in [0.25, 0.3) is 0 Å². The molecule has 11 heavy (non-hydrogen) atoms. The normalized spacial score (nSPS) is 13.4. The number of halogens is 1. The zero-order chi connectivity index (χ0) is 8.69. The Morgan fingerprint density at radius 1 is 1.55 bits per heavy atom. The Labute approximate surface area is 76.8 Å². The Hall–Kier alpha value is -0.370. The van der Waals surface area contributed by atoms with E-state index in [-0.39, 0.29) is 0 Å². The predicted molar refractivity (Wildman–Crippen MR) is 54.5 cm³/mol. The molecule has 0 saturated heterocycles. The summed E-state index contributed by atoms with van der Waals surface area (Å²) >= 11 is 3.34. The van der Waals surface area contributed by atoms with Crippen molar-refractivity contribution in [2.24, 2.45) is 0 Å². The van der Waals surface area contributed by atoms with Gasteiger partial charge in [-0.15, -0.1) is 0 Å². The van der Waals surface area contributed by atoms with E-state index >= 15 is 0 Å². The summed E-state index contributed by atoms with van der Waals surface area (Å²) in [4.78, 5) is 0. The molecular formula is C9H14BrN. The Morgan fingerprint density at radius 2 is 2.18 bits per heavy atom. The molecule has 0 radical (unpaired) electrons. The van der Waals surface area contributed by atoms with E-state index in [1.54, 1.807) is 0 Å². The summed E-state index contributed by atoms with van der Waals surface area (Å²) in [5, 5.41) is 7.02. The SMILES string of the molecule is C/C=C/C/C(CC)=C(/Br)C=N. The lowest BCUT2D eigenvalue weighted by atomic mass is 10.1. The molecule has 2 heteroatoms. The molecule has 0 atom stereocenters. The molecule has 0 rings (SSSR count). The summed E-state index contributed by atoms with van der Waals surface area (Å²) in [6.45, 7) is 4.11. The van der Waals surface area contributed by atoms with Gasteiger partial charge in [-0.3, -0.25) is 0 Å². The van der Waals surface area contributed by atoms with Crippen molar-refractivity contribution in [3.05, 3.63) is 22.2 Å². The van der Waals surface area contributed by atoms with E-state index in [1.807, 2.05) is 13.0 Å². The van der Waals surface area contributed by atoms with Crippen LogP contribution in [0.4, 0.5) is 0 Å². The summed E-state index contributed by atoms with van der Waals surface area (Å²) in [7, 11) is 0. The van der Waals surface area contributed by atoms with Crippen LogP contribution in [0.25, 0.3) is 0 Å². The molecule has 0 aromatic carbocycles. The second kappa shape index (κ2) is 6.35. The van der Waals surface area contributed by atoms with Gasteiger partial charge in [0, 0.05) is 10.7 Å². The highest BCUT2D eigenvalue weighted by Crippen LogP contribution is 2.16. The van der Waals surface area contributed by atoms with Gasteiger partial charge in [-0.05, 0) is 35.7 Å². The van der Waals surface area contributed by atoms with Crippen LogP contribution in [-0.4, -0.2) is 6.21 Å². The maximum atomic E-state index is 7.02. The highest BCUT2D eigenvalue weighted by atomic mass is 79.9. The van der Waals surface area contributed by atoms with E-state index in [4.69, 9.17) is 5.41 Å².